The quantitative estimate of drug-likeness (QED) is 0.539. The summed E-state index contributed by atoms with van der Waals surface area (Å²) in [5.41, 5.74) is 0. The van der Waals surface area contributed by atoms with Gasteiger partial charge in [0.15, 0.2) is 0 Å². The number of halogens is 1. The summed E-state index contributed by atoms with van der Waals surface area (Å²) in [6.07, 6.45) is 1.07. The van der Waals surface area contributed by atoms with Gasteiger partial charge in [0.05, 0.1) is 0 Å². The third-order valence-electron chi connectivity index (χ3n) is 0.281. The van der Waals surface area contributed by atoms with E-state index < -0.39 is 0 Å². The normalized spacial score (nSPS) is 7.00. The molecule has 0 fully saturated rings. The molecule has 1 nitrogen and oxygen atoms in total. The van der Waals surface area contributed by atoms with E-state index in [4.69, 9.17) is 0 Å². The van der Waals surface area contributed by atoms with Crippen molar-refractivity contribution in [1.29, 1.82) is 0 Å². The van der Waals surface area contributed by atoms with Crippen molar-refractivity contribution < 1.29 is 20.2 Å². The molecule has 0 aromatic carbocycles. The Bertz CT molecular complexity index is 18.3. The standard InChI is InChI=1S/C3H7O.ClH.Mn/c1-2-3-4;;/h2-3H2,1H3;1H;/q-1;;+1. The Kier molecular flexibility index (Phi) is 15.2. The first-order valence-corrected chi connectivity index (χ1v) is 2.13. The summed E-state index contributed by atoms with van der Waals surface area (Å²) in [4.78, 5) is 0. The van der Waals surface area contributed by atoms with E-state index in [1.165, 1.54) is 0 Å². The molecule has 0 saturated heterocycles. The minimum absolute atomic E-state index is 0. The molecule has 0 heterocycles. The summed E-state index contributed by atoms with van der Waals surface area (Å²) in [5.74, 6) is 0. The van der Waals surface area contributed by atoms with Crippen LogP contribution in [-0.4, -0.2) is 6.61 Å². The Morgan fingerprint density at radius 1 is 1.67 bits per heavy atom. The maximum atomic E-state index is 4.50. The van der Waals surface area contributed by atoms with Gasteiger partial charge in [0.25, 0.3) is 0 Å². The van der Waals surface area contributed by atoms with Gasteiger partial charge in [-0.1, -0.05) is 0 Å². The molecule has 0 unspecified atom stereocenters. The van der Waals surface area contributed by atoms with Gasteiger partial charge in [-0.15, -0.1) is 12.4 Å². The van der Waals surface area contributed by atoms with Crippen LogP contribution in [0.1, 0.15) is 13.3 Å². The largest absolute Gasteiger partial charge is 0.147 e. The summed E-state index contributed by atoms with van der Waals surface area (Å²) >= 11 is 2.81. The zero-order chi connectivity index (χ0) is 4.12. The fourth-order valence-corrected chi connectivity index (χ4v) is 0.318. The van der Waals surface area contributed by atoms with Gasteiger partial charge in [-0.25, -0.2) is 0 Å². The maximum absolute atomic E-state index is 4.50. The zero-order valence-corrected chi connectivity index (χ0v) is 5.61. The van der Waals surface area contributed by atoms with Crippen LogP contribution in [0.4, 0.5) is 0 Å². The van der Waals surface area contributed by atoms with Crippen LogP contribution in [0.25, 0.3) is 0 Å². The molecule has 6 heavy (non-hydrogen) atoms. The molecule has 0 aromatic rings. The van der Waals surface area contributed by atoms with E-state index in [1.54, 1.807) is 0 Å². The van der Waals surface area contributed by atoms with Gasteiger partial charge in [0.2, 0.25) is 0 Å². The third-order valence-corrected chi connectivity index (χ3v) is 0.522. The van der Waals surface area contributed by atoms with Gasteiger partial charge < -0.3 is 0 Å². The Morgan fingerprint density at radius 2 is 2.17 bits per heavy atom. The average molecular weight is 150 g/mol. The Morgan fingerprint density at radius 3 is 2.17 bits per heavy atom. The predicted octanol–water partition coefficient (Wildman–Crippen LogP) is 1.30. The summed E-state index contributed by atoms with van der Waals surface area (Å²) in [6.45, 7) is 2.86. The molecule has 0 amide bonds. The van der Waals surface area contributed by atoms with Crippen LogP contribution >= 0.6 is 12.4 Å². The third kappa shape index (κ3) is 8.84. The fraction of sp³-hybridized carbons (Fsp3) is 1.00. The smallest absolute Gasteiger partial charge is 0.147 e. The van der Waals surface area contributed by atoms with Gasteiger partial charge >= 0.3 is 40.1 Å². The molecule has 0 aliphatic carbocycles. The first-order valence-electron chi connectivity index (χ1n) is 1.65. The summed E-state index contributed by atoms with van der Waals surface area (Å²) < 4.78 is 4.50. The molecule has 0 aromatic heterocycles. The van der Waals surface area contributed by atoms with Gasteiger partial charge in [-0.3, -0.25) is 0 Å². The topological polar surface area (TPSA) is 9.23 Å². The Hall–Kier alpha value is 0.769. The predicted molar refractivity (Wildman–Crippen MR) is 23.5 cm³/mol. The van der Waals surface area contributed by atoms with Crippen LogP contribution in [0.2, 0.25) is 0 Å². The minimum Gasteiger partial charge on any atom is -0.147 e. The maximum Gasteiger partial charge on any atom is -0.147 e. The van der Waals surface area contributed by atoms with Crippen LogP contribution in [0.15, 0.2) is 0 Å². The van der Waals surface area contributed by atoms with E-state index in [2.05, 4.69) is 27.1 Å². The second-order valence-corrected chi connectivity index (χ2v) is 1.15. The van der Waals surface area contributed by atoms with Crippen LogP contribution < -0.4 is 0 Å². The molecule has 0 spiro atoms. The van der Waals surface area contributed by atoms with E-state index in [0.29, 0.717) is 0 Å². The summed E-state index contributed by atoms with van der Waals surface area (Å²) in [7, 11) is 0. The first-order chi connectivity index (χ1) is 2.41. The Balaban J connectivity index is 0. The van der Waals surface area contributed by atoms with Crippen LogP contribution in [0, 0.1) is 0 Å². The molecule has 0 atom stereocenters. The molecule has 3 heteroatoms. The fourth-order valence-electron chi connectivity index (χ4n) is 0.0772. The van der Waals surface area contributed by atoms with Gasteiger partial charge in [-0.2, -0.15) is 0 Å². The van der Waals surface area contributed by atoms with Crippen LogP contribution in [-0.2, 0) is 20.2 Å². The van der Waals surface area contributed by atoms with Gasteiger partial charge in [0, 0.05) is 0 Å². The van der Waals surface area contributed by atoms with E-state index in [9.17, 15) is 0 Å². The van der Waals surface area contributed by atoms with E-state index in [1.807, 2.05) is 0 Å². The van der Waals surface area contributed by atoms with Crippen molar-refractivity contribution in [2.24, 2.45) is 0 Å². The summed E-state index contributed by atoms with van der Waals surface area (Å²) in [5, 5.41) is 0. The molecule has 0 rings (SSSR count). The van der Waals surface area contributed by atoms with Crippen molar-refractivity contribution in [3.8, 4) is 0 Å². The molecular formula is C3H8ClMnO. The molecule has 0 aliphatic heterocycles. The minimum atomic E-state index is 0. The molecule has 40 valence electrons. The van der Waals surface area contributed by atoms with Crippen molar-refractivity contribution in [1.82, 2.24) is 0 Å². The monoisotopic (exact) mass is 150 g/mol. The van der Waals surface area contributed by atoms with Crippen molar-refractivity contribution in [2.45, 2.75) is 13.3 Å². The van der Waals surface area contributed by atoms with Crippen LogP contribution in [0.5, 0.6) is 0 Å². The average Bonchev–Trinajstić information content (AvgIpc) is 1.41. The molecule has 0 saturated carbocycles. The molecule has 0 aliphatic rings. The van der Waals surface area contributed by atoms with Crippen molar-refractivity contribution in [2.75, 3.05) is 6.61 Å². The van der Waals surface area contributed by atoms with Crippen molar-refractivity contribution >= 4 is 12.4 Å². The first kappa shape index (κ1) is 9.91. The van der Waals surface area contributed by atoms with E-state index in [0.717, 1.165) is 13.0 Å². The van der Waals surface area contributed by atoms with E-state index in [-0.39, 0.29) is 12.4 Å². The van der Waals surface area contributed by atoms with Crippen molar-refractivity contribution in [3.63, 3.8) is 0 Å². The van der Waals surface area contributed by atoms with E-state index >= 15 is 0 Å². The molecule has 0 N–H and O–H groups in total. The second kappa shape index (κ2) is 9.24. The zero-order valence-electron chi connectivity index (χ0n) is 3.61. The number of hydrogen-bond acceptors (Lipinski definition) is 1. The molecular weight excluding hydrogens is 142 g/mol. The molecule has 0 radical (unpaired) electrons. The SMILES string of the molecule is CCC[O][Mn].Cl. The summed E-state index contributed by atoms with van der Waals surface area (Å²) in [6, 6.07) is 0. The van der Waals surface area contributed by atoms with Crippen LogP contribution in [0.3, 0.4) is 0 Å². The number of rotatable bonds is 2. The van der Waals surface area contributed by atoms with Gasteiger partial charge in [-0.05, 0) is 0 Å². The van der Waals surface area contributed by atoms with Crippen molar-refractivity contribution in [3.05, 3.63) is 0 Å². The second-order valence-electron chi connectivity index (χ2n) is 0.813. The Labute approximate surface area is 53.0 Å². The van der Waals surface area contributed by atoms with Gasteiger partial charge in [0.1, 0.15) is 0 Å². The number of hydrogen-bond donors (Lipinski definition) is 0. The molecule has 0 bridgehead atoms.